The van der Waals surface area contributed by atoms with Crippen molar-refractivity contribution in [3.63, 3.8) is 0 Å². The molecule has 3 nitrogen and oxygen atoms in total. The molecule has 1 aliphatic heterocycles. The maximum atomic E-state index is 12.3. The minimum absolute atomic E-state index is 0.0258. The molecule has 3 atom stereocenters. The van der Waals surface area contributed by atoms with E-state index in [4.69, 9.17) is 11.6 Å². The molecule has 1 aromatic carbocycles. The summed E-state index contributed by atoms with van der Waals surface area (Å²) in [7, 11) is 0. The van der Waals surface area contributed by atoms with E-state index in [1.165, 1.54) is 0 Å². The highest BCUT2D eigenvalue weighted by Gasteiger charge is 2.28. The highest BCUT2D eigenvalue weighted by atomic mass is 35.5. The molecule has 0 bridgehead atoms. The van der Waals surface area contributed by atoms with Gasteiger partial charge in [0.15, 0.2) is 0 Å². The Kier molecular flexibility index (Phi) is 4.83. The van der Waals surface area contributed by atoms with Crippen molar-refractivity contribution < 1.29 is 4.79 Å². The van der Waals surface area contributed by atoms with Gasteiger partial charge < -0.3 is 10.6 Å². The number of nitrogens with one attached hydrogen (secondary N) is 2. The van der Waals surface area contributed by atoms with Crippen LogP contribution >= 0.6 is 11.6 Å². The molecule has 2 unspecified atom stereocenters. The van der Waals surface area contributed by atoms with E-state index in [-0.39, 0.29) is 18.0 Å². The zero-order valence-electron chi connectivity index (χ0n) is 11.4. The number of hydrogen-bond acceptors (Lipinski definition) is 2. The molecule has 0 aromatic heterocycles. The van der Waals surface area contributed by atoms with Gasteiger partial charge in [-0.2, -0.15) is 0 Å². The van der Waals surface area contributed by atoms with Crippen LogP contribution in [0.25, 0.3) is 0 Å². The van der Waals surface area contributed by atoms with Gasteiger partial charge in [-0.15, -0.1) is 0 Å². The minimum Gasteiger partial charge on any atom is -0.348 e. The molecule has 0 aliphatic carbocycles. The molecule has 104 valence electrons. The quantitative estimate of drug-likeness (QED) is 0.894. The Balaban J connectivity index is 1.98. The maximum absolute atomic E-state index is 12.3. The molecule has 19 heavy (non-hydrogen) atoms. The average molecular weight is 281 g/mol. The Bertz CT molecular complexity index is 450. The van der Waals surface area contributed by atoms with Gasteiger partial charge in [-0.05, 0) is 49.9 Å². The van der Waals surface area contributed by atoms with Crippen LogP contribution in [0.15, 0.2) is 24.3 Å². The van der Waals surface area contributed by atoms with Crippen LogP contribution in [0.3, 0.4) is 0 Å². The molecule has 4 heteroatoms. The Labute approximate surface area is 119 Å². The first-order valence-corrected chi connectivity index (χ1v) is 7.25. The van der Waals surface area contributed by atoms with E-state index in [1.54, 1.807) is 0 Å². The topological polar surface area (TPSA) is 41.1 Å². The SMILES string of the molecule is CC1CCCNC1C(=O)N[C@@H](C)c1cccc(Cl)c1. The first-order valence-electron chi connectivity index (χ1n) is 6.87. The summed E-state index contributed by atoms with van der Waals surface area (Å²) in [5.74, 6) is 0.472. The number of carbonyl (C=O) groups is 1. The molecular weight excluding hydrogens is 260 g/mol. The third kappa shape index (κ3) is 3.71. The van der Waals surface area contributed by atoms with E-state index in [9.17, 15) is 4.79 Å². The molecule has 1 heterocycles. The van der Waals surface area contributed by atoms with E-state index >= 15 is 0 Å². The third-order valence-corrected chi connectivity index (χ3v) is 3.99. The molecule has 0 saturated carbocycles. The summed E-state index contributed by atoms with van der Waals surface area (Å²) in [5, 5.41) is 7.06. The van der Waals surface area contributed by atoms with E-state index < -0.39 is 0 Å². The molecule has 1 aromatic rings. The van der Waals surface area contributed by atoms with Crippen molar-refractivity contribution in [1.82, 2.24) is 10.6 Å². The first-order chi connectivity index (χ1) is 9.08. The summed E-state index contributed by atoms with van der Waals surface area (Å²) < 4.78 is 0. The lowest BCUT2D eigenvalue weighted by Gasteiger charge is -2.30. The Morgan fingerprint density at radius 2 is 2.32 bits per heavy atom. The lowest BCUT2D eigenvalue weighted by Crippen LogP contribution is -2.51. The summed E-state index contributed by atoms with van der Waals surface area (Å²) >= 11 is 5.97. The Morgan fingerprint density at radius 3 is 3.00 bits per heavy atom. The fraction of sp³-hybridized carbons (Fsp3) is 0.533. The lowest BCUT2D eigenvalue weighted by molar-refractivity contribution is -0.125. The van der Waals surface area contributed by atoms with E-state index in [1.807, 2.05) is 31.2 Å². The van der Waals surface area contributed by atoms with Gasteiger partial charge >= 0.3 is 0 Å². The molecule has 1 saturated heterocycles. The van der Waals surface area contributed by atoms with E-state index in [2.05, 4.69) is 17.6 Å². The van der Waals surface area contributed by atoms with Crippen LogP contribution < -0.4 is 10.6 Å². The zero-order valence-corrected chi connectivity index (χ0v) is 12.2. The fourth-order valence-electron chi connectivity index (χ4n) is 2.56. The molecule has 0 spiro atoms. The van der Waals surface area contributed by atoms with Gasteiger partial charge in [-0.1, -0.05) is 30.7 Å². The van der Waals surface area contributed by atoms with E-state index in [0.717, 1.165) is 24.9 Å². The van der Waals surface area contributed by atoms with Gasteiger partial charge in [-0.25, -0.2) is 0 Å². The minimum atomic E-state index is -0.0737. The molecular formula is C15H21ClN2O. The van der Waals surface area contributed by atoms with Crippen molar-refractivity contribution in [3.8, 4) is 0 Å². The van der Waals surface area contributed by atoms with Crippen molar-refractivity contribution in [1.29, 1.82) is 0 Å². The van der Waals surface area contributed by atoms with Gasteiger partial charge in [0.05, 0.1) is 12.1 Å². The third-order valence-electron chi connectivity index (χ3n) is 3.76. The second kappa shape index (κ2) is 6.40. The van der Waals surface area contributed by atoms with Crippen LogP contribution in [-0.2, 0) is 4.79 Å². The van der Waals surface area contributed by atoms with Gasteiger partial charge in [0.2, 0.25) is 5.91 Å². The summed E-state index contributed by atoms with van der Waals surface area (Å²) in [6.45, 7) is 5.03. The second-order valence-corrected chi connectivity index (χ2v) is 5.77. The molecule has 0 radical (unpaired) electrons. The monoisotopic (exact) mass is 280 g/mol. The van der Waals surface area contributed by atoms with Crippen LogP contribution in [0.4, 0.5) is 0 Å². The Morgan fingerprint density at radius 1 is 1.53 bits per heavy atom. The summed E-state index contributed by atoms with van der Waals surface area (Å²) in [6, 6.07) is 7.52. The van der Waals surface area contributed by atoms with Crippen molar-refractivity contribution >= 4 is 17.5 Å². The highest BCUT2D eigenvalue weighted by Crippen LogP contribution is 2.19. The normalized spacial score (nSPS) is 24.8. The number of benzene rings is 1. The van der Waals surface area contributed by atoms with Crippen LogP contribution in [-0.4, -0.2) is 18.5 Å². The van der Waals surface area contributed by atoms with Gasteiger partial charge in [-0.3, -0.25) is 4.79 Å². The first kappa shape index (κ1) is 14.4. The lowest BCUT2D eigenvalue weighted by atomic mass is 9.92. The van der Waals surface area contributed by atoms with Gasteiger partial charge in [0.1, 0.15) is 0 Å². The van der Waals surface area contributed by atoms with Crippen LogP contribution in [0, 0.1) is 5.92 Å². The molecule has 2 N–H and O–H groups in total. The predicted molar refractivity (Wildman–Crippen MR) is 78.2 cm³/mol. The largest absolute Gasteiger partial charge is 0.348 e. The number of piperidine rings is 1. The molecule has 1 aliphatic rings. The van der Waals surface area contributed by atoms with Crippen molar-refractivity contribution in [2.24, 2.45) is 5.92 Å². The fourth-order valence-corrected chi connectivity index (χ4v) is 2.76. The highest BCUT2D eigenvalue weighted by molar-refractivity contribution is 6.30. The number of amides is 1. The van der Waals surface area contributed by atoms with Crippen molar-refractivity contribution in [2.45, 2.75) is 38.8 Å². The predicted octanol–water partition coefficient (Wildman–Crippen LogP) is 2.91. The second-order valence-electron chi connectivity index (χ2n) is 5.34. The number of halogens is 1. The van der Waals surface area contributed by atoms with Crippen molar-refractivity contribution in [2.75, 3.05) is 6.54 Å². The summed E-state index contributed by atoms with van der Waals surface area (Å²) in [4.78, 5) is 12.3. The standard InChI is InChI=1S/C15H21ClN2O/c1-10-5-4-8-17-14(10)15(19)18-11(2)12-6-3-7-13(16)9-12/h3,6-7,9-11,14,17H,4-5,8H2,1-2H3,(H,18,19)/t10?,11-,14?/m0/s1. The molecule has 2 rings (SSSR count). The number of rotatable bonds is 3. The molecule has 1 fully saturated rings. The zero-order chi connectivity index (χ0) is 13.8. The van der Waals surface area contributed by atoms with Crippen LogP contribution in [0.2, 0.25) is 5.02 Å². The smallest absolute Gasteiger partial charge is 0.237 e. The maximum Gasteiger partial charge on any atom is 0.237 e. The summed E-state index contributed by atoms with van der Waals surface area (Å²) in [6.07, 6.45) is 2.26. The van der Waals surface area contributed by atoms with Gasteiger partial charge in [0.25, 0.3) is 0 Å². The summed E-state index contributed by atoms with van der Waals surface area (Å²) in [5.41, 5.74) is 1.03. The van der Waals surface area contributed by atoms with Crippen molar-refractivity contribution in [3.05, 3.63) is 34.9 Å². The number of carbonyl (C=O) groups excluding carboxylic acids is 1. The van der Waals surface area contributed by atoms with Gasteiger partial charge in [0, 0.05) is 5.02 Å². The number of hydrogen-bond donors (Lipinski definition) is 2. The van der Waals surface area contributed by atoms with Crippen LogP contribution in [0.1, 0.15) is 38.3 Å². The Hall–Kier alpha value is -1.06. The average Bonchev–Trinajstić information content (AvgIpc) is 2.39. The van der Waals surface area contributed by atoms with E-state index in [0.29, 0.717) is 10.9 Å². The molecule has 1 amide bonds. The van der Waals surface area contributed by atoms with Crippen LogP contribution in [0.5, 0.6) is 0 Å².